The molecule has 1 unspecified atom stereocenters. The number of rotatable bonds is 5. The zero-order valence-corrected chi connectivity index (χ0v) is 16.0. The summed E-state index contributed by atoms with van der Waals surface area (Å²) in [5.74, 6) is 0. The Bertz CT molecular complexity index is 345. The lowest BCUT2D eigenvalue weighted by Gasteiger charge is -2.40. The summed E-state index contributed by atoms with van der Waals surface area (Å²) in [7, 11) is -1.95. The van der Waals surface area contributed by atoms with Crippen LogP contribution in [0, 0.1) is 0 Å². The van der Waals surface area contributed by atoms with Crippen molar-refractivity contribution in [3.05, 3.63) is 0 Å². The fraction of sp³-hybridized carbons (Fsp3) is 0.933. The normalized spacial score (nSPS) is 16.3. The number of hydrogen-bond donors (Lipinski definition) is 2. The van der Waals surface area contributed by atoms with E-state index in [0.29, 0.717) is 0 Å². The van der Waals surface area contributed by atoms with Crippen molar-refractivity contribution < 1.29 is 19.1 Å². The molecule has 126 valence electrons. The van der Waals surface area contributed by atoms with Crippen molar-refractivity contribution in [2.45, 2.75) is 84.3 Å². The van der Waals surface area contributed by atoms with Crippen molar-refractivity contribution in [2.24, 2.45) is 0 Å². The minimum atomic E-state index is -1.95. The molecule has 5 nitrogen and oxygen atoms in total. The summed E-state index contributed by atoms with van der Waals surface area (Å²) >= 11 is 0. The Labute approximate surface area is 130 Å². The Kier molecular flexibility index (Phi) is 6.91. The predicted octanol–water partition coefficient (Wildman–Crippen LogP) is 3.28. The van der Waals surface area contributed by atoms with E-state index in [-0.39, 0.29) is 17.7 Å². The van der Waals surface area contributed by atoms with Gasteiger partial charge in [0.1, 0.15) is 5.60 Å². The molecule has 0 aromatic carbocycles. The molecule has 0 aliphatic heterocycles. The molecule has 0 fully saturated rings. The molecule has 6 heteroatoms. The number of carbonyl (C=O) groups excluding carboxylic acids is 1. The summed E-state index contributed by atoms with van der Waals surface area (Å²) in [5, 5.41) is 12.3. The van der Waals surface area contributed by atoms with Crippen LogP contribution in [-0.2, 0) is 9.16 Å². The van der Waals surface area contributed by atoms with Crippen LogP contribution in [0.5, 0.6) is 0 Å². The molecule has 0 aliphatic carbocycles. The van der Waals surface area contributed by atoms with Crippen LogP contribution in [0.25, 0.3) is 0 Å². The van der Waals surface area contributed by atoms with E-state index >= 15 is 0 Å². The summed E-state index contributed by atoms with van der Waals surface area (Å²) in [5.41, 5.74) is -0.562. The first-order chi connectivity index (χ1) is 9.19. The van der Waals surface area contributed by atoms with Gasteiger partial charge in [-0.15, -0.1) is 0 Å². The summed E-state index contributed by atoms with van der Waals surface area (Å²) in [6.45, 7) is 17.8. The fourth-order valence-electron chi connectivity index (χ4n) is 1.49. The smallest absolute Gasteiger partial charge is 0.408 e. The Morgan fingerprint density at radius 1 is 1.19 bits per heavy atom. The lowest BCUT2D eigenvalue weighted by Crippen LogP contribution is -2.52. The highest BCUT2D eigenvalue weighted by atomic mass is 28.4. The maximum atomic E-state index is 11.8. The molecule has 0 bridgehead atoms. The van der Waals surface area contributed by atoms with E-state index in [1.165, 1.54) is 0 Å². The average Bonchev–Trinajstić information content (AvgIpc) is 2.20. The van der Waals surface area contributed by atoms with Gasteiger partial charge in [-0.25, -0.2) is 4.79 Å². The van der Waals surface area contributed by atoms with Gasteiger partial charge in [-0.3, -0.25) is 0 Å². The number of alkyl carbamates (subject to hydrolysis) is 1. The van der Waals surface area contributed by atoms with Gasteiger partial charge in [-0.2, -0.15) is 0 Å². The third-order valence-corrected chi connectivity index (χ3v) is 8.33. The van der Waals surface area contributed by atoms with Gasteiger partial charge in [-0.05, 0) is 45.8 Å². The van der Waals surface area contributed by atoms with Crippen molar-refractivity contribution in [1.29, 1.82) is 0 Å². The van der Waals surface area contributed by atoms with Crippen LogP contribution in [0.1, 0.15) is 48.5 Å². The SMILES string of the molecule is CC(O[Si](C)(C)C(C)(C)C)[C@H](CO)NC(=O)OC(C)(C)C. The number of ether oxygens (including phenoxy) is 1. The van der Waals surface area contributed by atoms with E-state index in [0.717, 1.165) is 0 Å². The van der Waals surface area contributed by atoms with Gasteiger partial charge < -0.3 is 19.6 Å². The second-order valence-corrected chi connectivity index (χ2v) is 12.8. The molecule has 0 spiro atoms. The summed E-state index contributed by atoms with van der Waals surface area (Å²) in [6.07, 6.45) is -0.810. The van der Waals surface area contributed by atoms with E-state index in [2.05, 4.69) is 39.2 Å². The number of amides is 1. The lowest BCUT2D eigenvalue weighted by atomic mass is 10.2. The first-order valence-corrected chi connectivity index (χ1v) is 10.4. The predicted molar refractivity (Wildman–Crippen MR) is 88.0 cm³/mol. The highest BCUT2D eigenvalue weighted by molar-refractivity contribution is 6.74. The first kappa shape index (κ1) is 20.4. The van der Waals surface area contributed by atoms with Gasteiger partial charge in [-0.1, -0.05) is 20.8 Å². The van der Waals surface area contributed by atoms with E-state index in [9.17, 15) is 9.90 Å². The van der Waals surface area contributed by atoms with Crippen molar-refractivity contribution in [3.63, 3.8) is 0 Å². The van der Waals surface area contributed by atoms with Crippen LogP contribution in [0.2, 0.25) is 18.1 Å². The summed E-state index contributed by atoms with van der Waals surface area (Å²) < 4.78 is 11.4. The van der Waals surface area contributed by atoms with Gasteiger partial charge in [0.2, 0.25) is 0 Å². The molecule has 0 saturated heterocycles. The number of hydrogen-bond acceptors (Lipinski definition) is 4. The molecule has 2 atom stereocenters. The average molecular weight is 320 g/mol. The molecule has 1 amide bonds. The lowest BCUT2D eigenvalue weighted by molar-refractivity contribution is 0.0391. The Balaban J connectivity index is 4.71. The number of aliphatic hydroxyl groups is 1. The molecule has 0 aromatic heterocycles. The molecule has 0 radical (unpaired) electrons. The van der Waals surface area contributed by atoms with Crippen LogP contribution in [0.3, 0.4) is 0 Å². The van der Waals surface area contributed by atoms with Crippen molar-refractivity contribution in [2.75, 3.05) is 6.61 Å². The zero-order valence-electron chi connectivity index (χ0n) is 15.0. The van der Waals surface area contributed by atoms with E-state index in [1.807, 2.05) is 6.92 Å². The topological polar surface area (TPSA) is 67.8 Å². The Hall–Kier alpha value is -0.593. The Morgan fingerprint density at radius 2 is 1.67 bits per heavy atom. The highest BCUT2D eigenvalue weighted by Gasteiger charge is 2.40. The fourth-order valence-corrected chi connectivity index (χ4v) is 2.94. The summed E-state index contributed by atoms with van der Waals surface area (Å²) in [6, 6.07) is -0.478. The second-order valence-electron chi connectivity index (χ2n) is 8.02. The van der Waals surface area contributed by atoms with Gasteiger partial charge in [0.05, 0.1) is 18.8 Å². The molecule has 0 rings (SSSR count). The summed E-state index contributed by atoms with van der Waals surface area (Å²) in [4.78, 5) is 11.8. The quantitative estimate of drug-likeness (QED) is 0.763. The van der Waals surface area contributed by atoms with Gasteiger partial charge in [0, 0.05) is 0 Å². The molecule has 0 heterocycles. The maximum Gasteiger partial charge on any atom is 0.408 e. The molecular weight excluding hydrogens is 286 g/mol. The van der Waals surface area contributed by atoms with Gasteiger partial charge >= 0.3 is 6.09 Å². The largest absolute Gasteiger partial charge is 0.444 e. The van der Waals surface area contributed by atoms with Gasteiger partial charge in [0.15, 0.2) is 8.32 Å². The third-order valence-electron chi connectivity index (χ3n) is 3.75. The molecule has 0 aliphatic rings. The maximum absolute atomic E-state index is 11.8. The number of carbonyl (C=O) groups is 1. The van der Waals surface area contributed by atoms with Crippen LogP contribution < -0.4 is 5.32 Å². The van der Waals surface area contributed by atoms with Crippen molar-refractivity contribution >= 4 is 14.4 Å². The molecule has 2 N–H and O–H groups in total. The van der Waals surface area contributed by atoms with Gasteiger partial charge in [0.25, 0.3) is 0 Å². The zero-order chi connectivity index (χ0) is 17.1. The molecule has 0 aromatic rings. The second kappa shape index (κ2) is 7.11. The number of aliphatic hydroxyl groups excluding tert-OH is 1. The van der Waals surface area contributed by atoms with Crippen LogP contribution in [-0.4, -0.2) is 43.9 Å². The van der Waals surface area contributed by atoms with Crippen LogP contribution in [0.4, 0.5) is 4.79 Å². The third kappa shape index (κ3) is 7.29. The van der Waals surface area contributed by atoms with E-state index in [4.69, 9.17) is 9.16 Å². The monoisotopic (exact) mass is 319 g/mol. The standard InChI is InChI=1S/C15H33NO4Si/c1-11(20-21(8,9)15(5,6)7)12(10-17)16-13(18)19-14(2,3)4/h11-12,17H,10H2,1-9H3,(H,16,18)/t11?,12-/m0/s1. The van der Waals surface area contributed by atoms with Crippen LogP contribution >= 0.6 is 0 Å². The highest BCUT2D eigenvalue weighted by Crippen LogP contribution is 2.37. The molecule has 21 heavy (non-hydrogen) atoms. The molecule has 0 saturated carbocycles. The minimum Gasteiger partial charge on any atom is -0.444 e. The van der Waals surface area contributed by atoms with E-state index < -0.39 is 26.1 Å². The van der Waals surface area contributed by atoms with Crippen molar-refractivity contribution in [3.8, 4) is 0 Å². The minimum absolute atomic E-state index is 0.0766. The van der Waals surface area contributed by atoms with E-state index in [1.54, 1.807) is 20.8 Å². The van der Waals surface area contributed by atoms with Crippen molar-refractivity contribution in [1.82, 2.24) is 5.32 Å². The van der Waals surface area contributed by atoms with Crippen LogP contribution in [0.15, 0.2) is 0 Å². The first-order valence-electron chi connectivity index (χ1n) is 7.48. The molecular formula is C15H33NO4Si. The number of nitrogens with one attached hydrogen (secondary N) is 1. The Morgan fingerprint density at radius 3 is 2.00 bits per heavy atom.